The molecule has 0 bridgehead atoms. The molecule has 1 fully saturated rings. The Labute approximate surface area is 85.4 Å². The average molecular weight is 200 g/mol. The highest BCUT2D eigenvalue weighted by molar-refractivity contribution is 5.76. The second-order valence-corrected chi connectivity index (χ2v) is 3.65. The van der Waals surface area contributed by atoms with E-state index in [-0.39, 0.29) is 12.0 Å². The Kier molecular flexibility index (Phi) is 5.56. The summed E-state index contributed by atoms with van der Waals surface area (Å²) in [5, 5.41) is 5.83. The van der Waals surface area contributed by atoms with Crippen molar-refractivity contribution in [3.8, 4) is 0 Å². The van der Waals surface area contributed by atoms with Crippen LogP contribution in [0, 0.1) is 0 Å². The molecule has 1 amide bonds. The van der Waals surface area contributed by atoms with Crippen LogP contribution in [0.3, 0.4) is 0 Å². The molecule has 1 aliphatic heterocycles. The molecule has 1 rings (SSSR count). The first-order valence-electron chi connectivity index (χ1n) is 5.36. The van der Waals surface area contributed by atoms with Crippen molar-refractivity contribution >= 4 is 5.91 Å². The Morgan fingerprint density at radius 3 is 2.93 bits per heavy atom. The maximum Gasteiger partial charge on any atom is 0.222 e. The minimum atomic E-state index is 0.104. The standard InChI is InChI=1S/C10H20N2O2/c1-11-5-6-12-10(13)8-9-4-2-3-7-14-9/h9,11H,2-8H2,1H3,(H,12,13). The summed E-state index contributed by atoms with van der Waals surface area (Å²) in [5.41, 5.74) is 0. The highest BCUT2D eigenvalue weighted by Crippen LogP contribution is 2.15. The van der Waals surface area contributed by atoms with Gasteiger partial charge in [0.2, 0.25) is 5.91 Å². The van der Waals surface area contributed by atoms with Gasteiger partial charge in [0.25, 0.3) is 0 Å². The number of ether oxygens (including phenoxy) is 1. The van der Waals surface area contributed by atoms with E-state index in [4.69, 9.17) is 4.74 Å². The van der Waals surface area contributed by atoms with Crippen molar-refractivity contribution in [1.82, 2.24) is 10.6 Å². The second-order valence-electron chi connectivity index (χ2n) is 3.65. The lowest BCUT2D eigenvalue weighted by Crippen LogP contribution is -2.34. The fourth-order valence-corrected chi connectivity index (χ4v) is 1.57. The van der Waals surface area contributed by atoms with Gasteiger partial charge in [-0.25, -0.2) is 0 Å². The molecule has 2 N–H and O–H groups in total. The zero-order chi connectivity index (χ0) is 10.2. The van der Waals surface area contributed by atoms with E-state index in [0.29, 0.717) is 13.0 Å². The summed E-state index contributed by atoms with van der Waals surface area (Å²) in [5.74, 6) is 0.104. The van der Waals surface area contributed by atoms with Crippen molar-refractivity contribution in [3.63, 3.8) is 0 Å². The molecule has 1 heterocycles. The lowest BCUT2D eigenvalue weighted by molar-refractivity contribution is -0.124. The minimum absolute atomic E-state index is 0.104. The van der Waals surface area contributed by atoms with E-state index in [1.54, 1.807) is 0 Å². The van der Waals surface area contributed by atoms with Crippen molar-refractivity contribution in [2.75, 3.05) is 26.7 Å². The first-order chi connectivity index (χ1) is 6.83. The normalized spacial score (nSPS) is 21.9. The van der Waals surface area contributed by atoms with Crippen molar-refractivity contribution in [2.45, 2.75) is 31.8 Å². The molecule has 4 heteroatoms. The third-order valence-electron chi connectivity index (χ3n) is 2.38. The summed E-state index contributed by atoms with van der Waals surface area (Å²) >= 11 is 0. The van der Waals surface area contributed by atoms with Gasteiger partial charge in [-0.05, 0) is 26.3 Å². The lowest BCUT2D eigenvalue weighted by Gasteiger charge is -2.21. The van der Waals surface area contributed by atoms with Crippen LogP contribution in [-0.2, 0) is 9.53 Å². The van der Waals surface area contributed by atoms with E-state index in [0.717, 1.165) is 26.0 Å². The Morgan fingerprint density at radius 1 is 1.43 bits per heavy atom. The second kappa shape index (κ2) is 6.79. The van der Waals surface area contributed by atoms with Crippen LogP contribution in [0.25, 0.3) is 0 Å². The van der Waals surface area contributed by atoms with Crippen LogP contribution in [0.2, 0.25) is 0 Å². The largest absolute Gasteiger partial charge is 0.378 e. The summed E-state index contributed by atoms with van der Waals surface area (Å²) in [6.45, 7) is 2.33. The van der Waals surface area contributed by atoms with Crippen molar-refractivity contribution in [2.24, 2.45) is 0 Å². The van der Waals surface area contributed by atoms with E-state index in [1.807, 2.05) is 7.05 Å². The van der Waals surface area contributed by atoms with Crippen LogP contribution in [0.15, 0.2) is 0 Å². The topological polar surface area (TPSA) is 50.4 Å². The van der Waals surface area contributed by atoms with E-state index in [9.17, 15) is 4.79 Å². The monoisotopic (exact) mass is 200 g/mol. The molecule has 1 unspecified atom stereocenters. The van der Waals surface area contributed by atoms with Gasteiger partial charge in [0.1, 0.15) is 0 Å². The average Bonchev–Trinajstić information content (AvgIpc) is 2.20. The number of hydrogen-bond donors (Lipinski definition) is 2. The molecule has 0 saturated carbocycles. The molecule has 14 heavy (non-hydrogen) atoms. The third kappa shape index (κ3) is 4.58. The molecule has 82 valence electrons. The van der Waals surface area contributed by atoms with Gasteiger partial charge in [0.05, 0.1) is 12.5 Å². The van der Waals surface area contributed by atoms with Crippen molar-refractivity contribution in [1.29, 1.82) is 0 Å². The molecular formula is C10H20N2O2. The predicted octanol–water partition coefficient (Wildman–Crippen LogP) is 0.281. The molecule has 0 aromatic carbocycles. The Hall–Kier alpha value is -0.610. The minimum Gasteiger partial charge on any atom is -0.378 e. The van der Waals surface area contributed by atoms with Gasteiger partial charge < -0.3 is 15.4 Å². The Balaban J connectivity index is 2.06. The quantitative estimate of drug-likeness (QED) is 0.627. The Morgan fingerprint density at radius 2 is 2.29 bits per heavy atom. The first kappa shape index (κ1) is 11.5. The van der Waals surface area contributed by atoms with E-state index in [1.165, 1.54) is 6.42 Å². The molecule has 0 radical (unpaired) electrons. The van der Waals surface area contributed by atoms with E-state index >= 15 is 0 Å². The first-order valence-corrected chi connectivity index (χ1v) is 5.36. The van der Waals surface area contributed by atoms with Gasteiger partial charge >= 0.3 is 0 Å². The van der Waals surface area contributed by atoms with Gasteiger partial charge in [-0.15, -0.1) is 0 Å². The number of carbonyl (C=O) groups is 1. The van der Waals surface area contributed by atoms with Gasteiger partial charge in [-0.2, -0.15) is 0 Å². The van der Waals surface area contributed by atoms with Gasteiger partial charge in [0, 0.05) is 19.7 Å². The van der Waals surface area contributed by atoms with E-state index < -0.39 is 0 Å². The van der Waals surface area contributed by atoms with E-state index in [2.05, 4.69) is 10.6 Å². The fourth-order valence-electron chi connectivity index (χ4n) is 1.57. The summed E-state index contributed by atoms with van der Waals surface area (Å²) < 4.78 is 5.48. The predicted molar refractivity (Wildman–Crippen MR) is 55.1 cm³/mol. The Bertz CT molecular complexity index is 168. The summed E-state index contributed by atoms with van der Waals surface area (Å²) in [6.07, 6.45) is 4.02. The molecule has 1 aliphatic rings. The summed E-state index contributed by atoms with van der Waals surface area (Å²) in [6, 6.07) is 0. The van der Waals surface area contributed by atoms with Crippen LogP contribution < -0.4 is 10.6 Å². The smallest absolute Gasteiger partial charge is 0.222 e. The van der Waals surface area contributed by atoms with Crippen LogP contribution in [0.5, 0.6) is 0 Å². The summed E-state index contributed by atoms with van der Waals surface area (Å²) in [4.78, 5) is 11.4. The maximum absolute atomic E-state index is 11.4. The molecule has 1 saturated heterocycles. The van der Waals surface area contributed by atoms with Crippen LogP contribution in [-0.4, -0.2) is 38.8 Å². The maximum atomic E-state index is 11.4. The van der Waals surface area contributed by atoms with Crippen molar-refractivity contribution < 1.29 is 9.53 Å². The zero-order valence-electron chi connectivity index (χ0n) is 8.84. The molecule has 4 nitrogen and oxygen atoms in total. The number of amides is 1. The lowest BCUT2D eigenvalue weighted by atomic mass is 10.1. The highest BCUT2D eigenvalue weighted by atomic mass is 16.5. The third-order valence-corrected chi connectivity index (χ3v) is 2.38. The summed E-state index contributed by atoms with van der Waals surface area (Å²) in [7, 11) is 1.87. The number of carbonyl (C=O) groups excluding carboxylic acids is 1. The molecule has 0 aliphatic carbocycles. The molecule has 1 atom stereocenters. The zero-order valence-corrected chi connectivity index (χ0v) is 8.84. The van der Waals surface area contributed by atoms with Crippen LogP contribution in [0.1, 0.15) is 25.7 Å². The van der Waals surface area contributed by atoms with Crippen LogP contribution in [0.4, 0.5) is 0 Å². The van der Waals surface area contributed by atoms with Gasteiger partial charge in [-0.3, -0.25) is 4.79 Å². The number of nitrogens with one attached hydrogen (secondary N) is 2. The molecule has 0 aromatic heterocycles. The number of likely N-dealkylation sites (N-methyl/N-ethyl adjacent to an activating group) is 1. The van der Waals surface area contributed by atoms with Crippen LogP contribution >= 0.6 is 0 Å². The fraction of sp³-hybridized carbons (Fsp3) is 0.900. The SMILES string of the molecule is CNCCNC(=O)CC1CCCCO1. The molecule has 0 aromatic rings. The number of rotatable bonds is 5. The highest BCUT2D eigenvalue weighted by Gasteiger charge is 2.16. The van der Waals surface area contributed by atoms with Gasteiger partial charge in [-0.1, -0.05) is 0 Å². The number of hydrogen-bond acceptors (Lipinski definition) is 3. The van der Waals surface area contributed by atoms with Crippen molar-refractivity contribution in [3.05, 3.63) is 0 Å². The van der Waals surface area contributed by atoms with Gasteiger partial charge in [0.15, 0.2) is 0 Å². The molecular weight excluding hydrogens is 180 g/mol. The molecule has 0 spiro atoms.